The molecule has 0 radical (unpaired) electrons. The maximum absolute atomic E-state index is 12.0. The molecule has 0 unspecified atom stereocenters. The summed E-state index contributed by atoms with van der Waals surface area (Å²) in [6, 6.07) is 8.30. The van der Waals surface area contributed by atoms with Crippen molar-refractivity contribution in [3.05, 3.63) is 24.3 Å². The molecule has 0 aliphatic carbocycles. The van der Waals surface area contributed by atoms with Gasteiger partial charge in [0, 0.05) is 37.4 Å². The third-order valence-corrected chi connectivity index (χ3v) is 5.41. The molecular formula is C20H30N6O2S. The molecule has 1 aromatic carbocycles. The fourth-order valence-corrected chi connectivity index (χ4v) is 3.76. The van der Waals surface area contributed by atoms with Crippen molar-refractivity contribution >= 4 is 29.3 Å². The van der Waals surface area contributed by atoms with Crippen LogP contribution in [-0.4, -0.2) is 58.5 Å². The summed E-state index contributed by atoms with van der Waals surface area (Å²) in [4.78, 5) is 25.7. The van der Waals surface area contributed by atoms with E-state index >= 15 is 0 Å². The summed E-state index contributed by atoms with van der Waals surface area (Å²) in [6.45, 7) is 11.3. The van der Waals surface area contributed by atoms with E-state index in [1.165, 1.54) is 17.4 Å². The van der Waals surface area contributed by atoms with E-state index in [-0.39, 0.29) is 24.1 Å². The van der Waals surface area contributed by atoms with Crippen molar-refractivity contribution in [1.82, 2.24) is 25.4 Å². The standard InChI is InChI=1S/C20H30N6O2S/c1-5-21-17(27)13-22-18(28)14-29-20-24-23-19(26(20)8-4)15-9-11-16(12-10-15)25(6-2)7-3/h9-12H,5-8,13-14H2,1-4H3,(H,21,27)(H,22,28). The first kappa shape index (κ1) is 22.7. The number of nitrogens with zero attached hydrogens (tertiary/aromatic N) is 4. The van der Waals surface area contributed by atoms with Gasteiger partial charge in [-0.25, -0.2) is 0 Å². The number of thioether (sulfide) groups is 1. The fraction of sp³-hybridized carbons (Fsp3) is 0.500. The highest BCUT2D eigenvalue weighted by Crippen LogP contribution is 2.26. The number of hydrogen-bond acceptors (Lipinski definition) is 6. The number of carbonyl (C=O) groups excluding carboxylic acids is 2. The van der Waals surface area contributed by atoms with Crippen molar-refractivity contribution in [1.29, 1.82) is 0 Å². The molecule has 0 bridgehead atoms. The summed E-state index contributed by atoms with van der Waals surface area (Å²) in [5.41, 5.74) is 2.17. The maximum Gasteiger partial charge on any atom is 0.239 e. The van der Waals surface area contributed by atoms with Crippen LogP contribution in [0.15, 0.2) is 29.4 Å². The second kappa shape index (κ2) is 11.5. The lowest BCUT2D eigenvalue weighted by atomic mass is 10.2. The zero-order valence-electron chi connectivity index (χ0n) is 17.6. The summed E-state index contributed by atoms with van der Waals surface area (Å²) < 4.78 is 1.99. The number of nitrogens with one attached hydrogen (secondary N) is 2. The SMILES string of the molecule is CCNC(=O)CNC(=O)CSc1nnc(-c2ccc(N(CC)CC)cc2)n1CC. The first-order valence-electron chi connectivity index (χ1n) is 9.98. The molecule has 1 heterocycles. The number of aromatic nitrogens is 3. The summed E-state index contributed by atoms with van der Waals surface area (Å²) in [5.74, 6) is 0.553. The maximum atomic E-state index is 12.0. The van der Waals surface area contributed by atoms with E-state index < -0.39 is 0 Å². The van der Waals surface area contributed by atoms with E-state index in [4.69, 9.17) is 0 Å². The average molecular weight is 419 g/mol. The largest absolute Gasteiger partial charge is 0.372 e. The lowest BCUT2D eigenvalue weighted by molar-refractivity contribution is -0.124. The molecule has 0 saturated carbocycles. The van der Waals surface area contributed by atoms with Crippen molar-refractivity contribution in [2.75, 3.05) is 36.8 Å². The molecule has 29 heavy (non-hydrogen) atoms. The van der Waals surface area contributed by atoms with Gasteiger partial charge in [-0.15, -0.1) is 10.2 Å². The predicted molar refractivity (Wildman–Crippen MR) is 117 cm³/mol. The molecule has 2 amide bonds. The minimum atomic E-state index is -0.211. The topological polar surface area (TPSA) is 92.2 Å². The minimum Gasteiger partial charge on any atom is -0.372 e. The van der Waals surface area contributed by atoms with Crippen molar-refractivity contribution < 1.29 is 9.59 Å². The van der Waals surface area contributed by atoms with E-state index in [9.17, 15) is 9.59 Å². The second-order valence-corrected chi connectivity index (χ2v) is 7.23. The van der Waals surface area contributed by atoms with Gasteiger partial charge in [-0.1, -0.05) is 11.8 Å². The van der Waals surface area contributed by atoms with Crippen LogP contribution in [-0.2, 0) is 16.1 Å². The first-order valence-corrected chi connectivity index (χ1v) is 11.0. The Morgan fingerprint density at radius 1 is 1.00 bits per heavy atom. The van der Waals surface area contributed by atoms with Gasteiger partial charge in [0.2, 0.25) is 11.8 Å². The molecule has 2 aromatic rings. The Bertz CT molecular complexity index is 802. The van der Waals surface area contributed by atoms with Gasteiger partial charge in [0.05, 0.1) is 12.3 Å². The molecule has 2 N–H and O–H groups in total. The third kappa shape index (κ3) is 6.22. The van der Waals surface area contributed by atoms with Gasteiger partial charge in [-0.3, -0.25) is 9.59 Å². The van der Waals surface area contributed by atoms with E-state index in [2.05, 4.69) is 63.8 Å². The van der Waals surface area contributed by atoms with Gasteiger partial charge in [0.25, 0.3) is 0 Å². The van der Waals surface area contributed by atoms with Crippen LogP contribution in [0.25, 0.3) is 11.4 Å². The normalized spacial score (nSPS) is 10.6. The molecule has 8 nitrogen and oxygen atoms in total. The number of likely N-dealkylation sites (N-methyl/N-ethyl adjacent to an activating group) is 1. The van der Waals surface area contributed by atoms with Crippen molar-refractivity contribution in [3.8, 4) is 11.4 Å². The lowest BCUT2D eigenvalue weighted by Crippen LogP contribution is -2.37. The van der Waals surface area contributed by atoms with E-state index in [0.717, 1.165) is 24.5 Å². The highest BCUT2D eigenvalue weighted by molar-refractivity contribution is 7.99. The molecule has 158 valence electrons. The van der Waals surface area contributed by atoms with Crippen LogP contribution >= 0.6 is 11.8 Å². The van der Waals surface area contributed by atoms with Gasteiger partial charge in [-0.2, -0.15) is 0 Å². The van der Waals surface area contributed by atoms with Crippen molar-refractivity contribution in [2.45, 2.75) is 39.4 Å². The third-order valence-electron chi connectivity index (χ3n) is 4.44. The molecule has 0 aliphatic heterocycles. The van der Waals surface area contributed by atoms with E-state index in [0.29, 0.717) is 18.2 Å². The van der Waals surface area contributed by atoms with E-state index in [1.807, 2.05) is 18.4 Å². The van der Waals surface area contributed by atoms with Crippen molar-refractivity contribution in [3.63, 3.8) is 0 Å². The number of carbonyl (C=O) groups is 2. The molecule has 0 atom stereocenters. The molecule has 1 aromatic heterocycles. The highest BCUT2D eigenvalue weighted by Gasteiger charge is 2.15. The van der Waals surface area contributed by atoms with Gasteiger partial charge in [0.15, 0.2) is 11.0 Å². The zero-order valence-corrected chi connectivity index (χ0v) is 18.4. The Morgan fingerprint density at radius 3 is 2.28 bits per heavy atom. The number of benzene rings is 1. The van der Waals surface area contributed by atoms with Gasteiger partial charge >= 0.3 is 0 Å². The van der Waals surface area contributed by atoms with Gasteiger partial charge in [-0.05, 0) is 52.0 Å². The van der Waals surface area contributed by atoms with Crippen LogP contribution in [0.5, 0.6) is 0 Å². The molecule has 0 spiro atoms. The Kier molecular flexibility index (Phi) is 8.98. The molecule has 2 rings (SSSR count). The fourth-order valence-electron chi connectivity index (χ4n) is 2.92. The van der Waals surface area contributed by atoms with Gasteiger partial charge < -0.3 is 20.1 Å². The van der Waals surface area contributed by atoms with Gasteiger partial charge in [0.1, 0.15) is 0 Å². The average Bonchev–Trinajstić information content (AvgIpc) is 3.15. The summed E-state index contributed by atoms with van der Waals surface area (Å²) in [7, 11) is 0. The Balaban J connectivity index is 2.03. The van der Waals surface area contributed by atoms with Crippen LogP contribution in [0.1, 0.15) is 27.7 Å². The van der Waals surface area contributed by atoms with Crippen LogP contribution < -0.4 is 15.5 Å². The summed E-state index contributed by atoms with van der Waals surface area (Å²) in [6.07, 6.45) is 0. The molecule has 9 heteroatoms. The lowest BCUT2D eigenvalue weighted by Gasteiger charge is -2.21. The first-order chi connectivity index (χ1) is 14.0. The number of anilines is 1. The minimum absolute atomic E-state index is 0.0160. The zero-order chi connectivity index (χ0) is 21.2. The monoisotopic (exact) mass is 418 g/mol. The van der Waals surface area contributed by atoms with E-state index in [1.54, 1.807) is 0 Å². The van der Waals surface area contributed by atoms with Crippen LogP contribution in [0.4, 0.5) is 5.69 Å². The van der Waals surface area contributed by atoms with Crippen LogP contribution in [0, 0.1) is 0 Å². The smallest absolute Gasteiger partial charge is 0.239 e. The predicted octanol–water partition coefficient (Wildman–Crippen LogP) is 2.16. The summed E-state index contributed by atoms with van der Waals surface area (Å²) in [5, 5.41) is 14.5. The number of amides is 2. The molecule has 0 fully saturated rings. The Morgan fingerprint density at radius 2 is 1.69 bits per heavy atom. The Hall–Kier alpha value is -2.55. The molecule has 0 aliphatic rings. The molecule has 0 saturated heterocycles. The second-order valence-electron chi connectivity index (χ2n) is 6.29. The number of hydrogen-bond donors (Lipinski definition) is 2. The number of rotatable bonds is 11. The summed E-state index contributed by atoms with van der Waals surface area (Å²) >= 11 is 1.31. The highest BCUT2D eigenvalue weighted by atomic mass is 32.2. The van der Waals surface area contributed by atoms with Crippen molar-refractivity contribution in [2.24, 2.45) is 0 Å². The van der Waals surface area contributed by atoms with Crippen LogP contribution in [0.3, 0.4) is 0 Å². The molecular weight excluding hydrogens is 388 g/mol. The Labute approximate surface area is 176 Å². The van der Waals surface area contributed by atoms with Crippen LogP contribution in [0.2, 0.25) is 0 Å². The quantitative estimate of drug-likeness (QED) is 0.543.